The van der Waals surface area contributed by atoms with Crippen molar-refractivity contribution >= 4 is 54.8 Å². The molecule has 0 nitrogen and oxygen atoms in total. The van der Waals surface area contributed by atoms with Gasteiger partial charge < -0.3 is 0 Å². The van der Waals surface area contributed by atoms with E-state index in [1.54, 1.807) is 0 Å². The van der Waals surface area contributed by atoms with E-state index >= 15 is 0 Å². The first-order valence-corrected chi connectivity index (χ1v) is 2.71. The molecule has 1 radical (unpaired) electrons. The van der Waals surface area contributed by atoms with E-state index in [-0.39, 0.29) is 29.6 Å². The molecule has 0 saturated carbocycles. The van der Waals surface area contributed by atoms with Crippen LogP contribution in [0.15, 0.2) is 0 Å². The van der Waals surface area contributed by atoms with Crippen molar-refractivity contribution in [1.82, 2.24) is 0 Å². The van der Waals surface area contributed by atoms with E-state index in [0.717, 1.165) is 5.75 Å². The maximum absolute atomic E-state index is 4.02. The normalized spacial score (nSPS) is 12.5. The van der Waals surface area contributed by atoms with E-state index in [1.807, 2.05) is 6.92 Å². The molecule has 0 aromatic heterocycles. The predicted octanol–water partition coefficient (Wildman–Crippen LogP) is 0.854. The second kappa shape index (κ2) is 6.70. The van der Waals surface area contributed by atoms with Crippen LogP contribution in [-0.2, 0) is 0 Å². The van der Waals surface area contributed by atoms with Crippen molar-refractivity contribution in [2.75, 3.05) is 5.75 Å². The number of rotatable bonds is 1. The molecule has 33 valence electrons. The topological polar surface area (TPSA) is 0 Å². The van der Waals surface area contributed by atoms with Crippen LogP contribution in [0.4, 0.5) is 0 Å². The van der Waals surface area contributed by atoms with E-state index < -0.39 is 0 Å². The summed E-state index contributed by atoms with van der Waals surface area (Å²) in [4.78, 5) is 0. The molecule has 0 aliphatic carbocycles. The fourth-order valence-corrected chi connectivity index (χ4v) is 0. The summed E-state index contributed by atoms with van der Waals surface area (Å²) >= 11 is 7.96. The van der Waals surface area contributed by atoms with Crippen LogP contribution in [0.5, 0.6) is 0 Å². The Labute approximate surface area is 72.2 Å². The third-order valence-electron chi connectivity index (χ3n) is 0.264. The van der Waals surface area contributed by atoms with Gasteiger partial charge in [0.2, 0.25) is 0 Å². The molecule has 0 N–H and O–H groups in total. The zero-order valence-corrected chi connectivity index (χ0v) is 7.97. The summed E-state index contributed by atoms with van der Waals surface area (Å²) in [6.45, 7) is 2.01. The van der Waals surface area contributed by atoms with Crippen LogP contribution >= 0.6 is 25.3 Å². The van der Waals surface area contributed by atoms with Crippen LogP contribution < -0.4 is 0 Å². The molecule has 0 aromatic carbocycles. The van der Waals surface area contributed by atoms with Gasteiger partial charge in [-0.15, -0.1) is 0 Å². The van der Waals surface area contributed by atoms with Crippen molar-refractivity contribution in [1.29, 1.82) is 0 Å². The van der Waals surface area contributed by atoms with Crippen LogP contribution in [-0.4, -0.2) is 40.6 Å². The average Bonchev–Trinajstić information content (AvgIpc) is 1.38. The van der Waals surface area contributed by atoms with Crippen LogP contribution in [0.3, 0.4) is 0 Å². The Bertz CT molecular complexity index is 22.8. The SMILES string of the molecule is CC(S)CS.[Na]. The Kier molecular flexibility index (Phi) is 11.9. The number of hydrogen-bond acceptors (Lipinski definition) is 2. The maximum atomic E-state index is 4.02. The first-order valence-electron chi connectivity index (χ1n) is 1.56. The quantitative estimate of drug-likeness (QED) is 0.382. The van der Waals surface area contributed by atoms with Gasteiger partial charge in [-0.2, -0.15) is 25.3 Å². The molecule has 0 amide bonds. The van der Waals surface area contributed by atoms with Crippen molar-refractivity contribution in [2.45, 2.75) is 12.2 Å². The minimum absolute atomic E-state index is 0. The van der Waals surface area contributed by atoms with Crippen LogP contribution in [0.1, 0.15) is 6.92 Å². The molecule has 0 aliphatic heterocycles. The van der Waals surface area contributed by atoms with E-state index in [1.165, 1.54) is 0 Å². The molecule has 0 bridgehead atoms. The summed E-state index contributed by atoms with van der Waals surface area (Å²) in [6.07, 6.45) is 0. The first kappa shape index (κ1) is 10.6. The standard InChI is InChI=1S/C3H8S2.Na/c1-3(5)2-4;/h3-5H,2H2,1H3;. The van der Waals surface area contributed by atoms with E-state index in [4.69, 9.17) is 0 Å². The summed E-state index contributed by atoms with van der Waals surface area (Å²) in [5.41, 5.74) is 0. The molecular weight excluding hydrogens is 123 g/mol. The fraction of sp³-hybridized carbons (Fsp3) is 1.00. The Hall–Kier alpha value is 1.70. The summed E-state index contributed by atoms with van der Waals surface area (Å²) in [6, 6.07) is 0. The third kappa shape index (κ3) is 9.20. The van der Waals surface area contributed by atoms with Crippen LogP contribution in [0.25, 0.3) is 0 Å². The number of hydrogen-bond donors (Lipinski definition) is 2. The van der Waals surface area contributed by atoms with Gasteiger partial charge in [-0.3, -0.25) is 0 Å². The third-order valence-corrected chi connectivity index (χ3v) is 1.28. The zero-order chi connectivity index (χ0) is 4.28. The molecule has 1 unspecified atom stereocenters. The van der Waals surface area contributed by atoms with Gasteiger partial charge in [0.1, 0.15) is 0 Å². The smallest absolute Gasteiger partial charge is 0.00766 e. The van der Waals surface area contributed by atoms with Gasteiger partial charge in [0.05, 0.1) is 0 Å². The van der Waals surface area contributed by atoms with Gasteiger partial charge in [0.15, 0.2) is 0 Å². The second-order valence-corrected chi connectivity index (χ2v) is 2.28. The molecule has 0 saturated heterocycles. The summed E-state index contributed by atoms with van der Waals surface area (Å²) < 4.78 is 0. The van der Waals surface area contributed by atoms with Gasteiger partial charge in [0, 0.05) is 40.6 Å². The van der Waals surface area contributed by atoms with Crippen molar-refractivity contribution < 1.29 is 0 Å². The van der Waals surface area contributed by atoms with Gasteiger partial charge >= 0.3 is 0 Å². The van der Waals surface area contributed by atoms with Crippen molar-refractivity contribution in [3.63, 3.8) is 0 Å². The van der Waals surface area contributed by atoms with Gasteiger partial charge in [-0.1, -0.05) is 6.92 Å². The van der Waals surface area contributed by atoms with Gasteiger partial charge in [-0.05, 0) is 0 Å². The summed E-state index contributed by atoms with van der Waals surface area (Å²) in [5, 5.41) is 0.443. The fourth-order valence-electron chi connectivity index (χ4n) is 0. The largest absolute Gasteiger partial charge is 0.178 e. The Balaban J connectivity index is 0. The maximum Gasteiger partial charge on any atom is 0.00766 e. The molecule has 0 aromatic rings. The van der Waals surface area contributed by atoms with Crippen molar-refractivity contribution in [3.05, 3.63) is 0 Å². The molecule has 6 heavy (non-hydrogen) atoms. The van der Waals surface area contributed by atoms with Crippen LogP contribution in [0.2, 0.25) is 0 Å². The van der Waals surface area contributed by atoms with E-state index in [9.17, 15) is 0 Å². The van der Waals surface area contributed by atoms with Crippen molar-refractivity contribution in [3.8, 4) is 0 Å². The number of thiol groups is 2. The van der Waals surface area contributed by atoms with Gasteiger partial charge in [0.25, 0.3) is 0 Å². The van der Waals surface area contributed by atoms with E-state index in [0.29, 0.717) is 5.25 Å². The van der Waals surface area contributed by atoms with Gasteiger partial charge in [-0.25, -0.2) is 0 Å². The predicted molar refractivity (Wildman–Crippen MR) is 38.1 cm³/mol. The van der Waals surface area contributed by atoms with Crippen LogP contribution in [0, 0.1) is 0 Å². The molecule has 0 fully saturated rings. The molecule has 0 heterocycles. The molecule has 0 rings (SSSR count). The monoisotopic (exact) mass is 131 g/mol. The minimum Gasteiger partial charge on any atom is -0.178 e. The summed E-state index contributed by atoms with van der Waals surface area (Å²) in [7, 11) is 0. The molecular formula is C3H8NaS2. The first-order chi connectivity index (χ1) is 2.27. The Morgan fingerprint density at radius 1 is 1.67 bits per heavy atom. The Morgan fingerprint density at radius 3 is 1.83 bits per heavy atom. The zero-order valence-electron chi connectivity index (χ0n) is 4.18. The van der Waals surface area contributed by atoms with E-state index in [2.05, 4.69) is 25.3 Å². The second-order valence-electron chi connectivity index (χ2n) is 1.03. The average molecular weight is 131 g/mol. The Morgan fingerprint density at radius 2 is 1.83 bits per heavy atom. The molecule has 3 heteroatoms. The molecule has 0 spiro atoms. The molecule has 1 atom stereocenters. The van der Waals surface area contributed by atoms with Crippen molar-refractivity contribution in [2.24, 2.45) is 0 Å². The molecule has 0 aliphatic rings. The minimum atomic E-state index is 0. The summed E-state index contributed by atoms with van der Waals surface area (Å²) in [5.74, 6) is 0.864.